The Kier molecular flexibility index (Phi) is 4.63. The Morgan fingerprint density at radius 3 is 2.87 bits per heavy atom. The van der Waals surface area contributed by atoms with Gasteiger partial charge in [0.25, 0.3) is 0 Å². The summed E-state index contributed by atoms with van der Waals surface area (Å²) in [6, 6.07) is 7.63. The van der Waals surface area contributed by atoms with Crippen LogP contribution in [0.15, 0.2) is 29.4 Å². The van der Waals surface area contributed by atoms with Crippen LogP contribution in [-0.2, 0) is 6.54 Å². The maximum absolute atomic E-state index is 8.63. The fourth-order valence-corrected chi connectivity index (χ4v) is 1.38. The predicted molar refractivity (Wildman–Crippen MR) is 61.0 cm³/mol. The summed E-state index contributed by atoms with van der Waals surface area (Å²) in [4.78, 5) is 0. The van der Waals surface area contributed by atoms with Crippen LogP contribution in [0.1, 0.15) is 24.5 Å². The molecule has 0 aromatic heterocycles. The SMILES string of the molecule is CCCNCc1ccccc1C(N)=NO. The fraction of sp³-hybridized carbons (Fsp3) is 0.364. The van der Waals surface area contributed by atoms with Gasteiger partial charge in [0.1, 0.15) is 0 Å². The highest BCUT2D eigenvalue weighted by molar-refractivity contribution is 5.98. The lowest BCUT2D eigenvalue weighted by molar-refractivity contribution is 0.318. The number of benzene rings is 1. The molecule has 1 aromatic carbocycles. The van der Waals surface area contributed by atoms with E-state index in [9.17, 15) is 0 Å². The first-order valence-electron chi connectivity index (χ1n) is 5.06. The maximum atomic E-state index is 8.63. The van der Waals surface area contributed by atoms with E-state index in [0.717, 1.165) is 30.6 Å². The lowest BCUT2D eigenvalue weighted by atomic mass is 10.1. The van der Waals surface area contributed by atoms with Crippen LogP contribution in [-0.4, -0.2) is 17.6 Å². The number of hydrogen-bond acceptors (Lipinski definition) is 3. The van der Waals surface area contributed by atoms with Gasteiger partial charge in [0, 0.05) is 12.1 Å². The Morgan fingerprint density at radius 1 is 1.47 bits per heavy atom. The van der Waals surface area contributed by atoms with Crippen molar-refractivity contribution in [3.05, 3.63) is 35.4 Å². The van der Waals surface area contributed by atoms with Crippen molar-refractivity contribution in [3.8, 4) is 0 Å². The minimum Gasteiger partial charge on any atom is -0.409 e. The molecule has 0 saturated heterocycles. The number of rotatable bonds is 5. The summed E-state index contributed by atoms with van der Waals surface area (Å²) in [5.41, 5.74) is 7.40. The van der Waals surface area contributed by atoms with Crippen LogP contribution in [0.3, 0.4) is 0 Å². The third-order valence-corrected chi connectivity index (χ3v) is 2.14. The van der Waals surface area contributed by atoms with Gasteiger partial charge in [0.2, 0.25) is 0 Å². The minimum atomic E-state index is 0.156. The third-order valence-electron chi connectivity index (χ3n) is 2.14. The summed E-state index contributed by atoms with van der Waals surface area (Å²) in [6.45, 7) is 3.81. The van der Waals surface area contributed by atoms with Crippen molar-refractivity contribution in [1.82, 2.24) is 5.32 Å². The van der Waals surface area contributed by atoms with E-state index in [2.05, 4.69) is 17.4 Å². The molecule has 0 spiro atoms. The third kappa shape index (κ3) is 3.25. The smallest absolute Gasteiger partial charge is 0.170 e. The standard InChI is InChI=1S/C11H17N3O/c1-2-7-13-8-9-5-3-4-6-10(9)11(12)14-15/h3-6,13,15H,2,7-8H2,1H3,(H2,12,14). The molecule has 0 heterocycles. The molecule has 1 aromatic rings. The summed E-state index contributed by atoms with van der Waals surface area (Å²) in [5.74, 6) is 0.156. The van der Waals surface area contributed by atoms with Gasteiger partial charge in [-0.3, -0.25) is 0 Å². The predicted octanol–water partition coefficient (Wildman–Crippen LogP) is 1.28. The van der Waals surface area contributed by atoms with Gasteiger partial charge in [0.05, 0.1) is 0 Å². The first-order valence-corrected chi connectivity index (χ1v) is 5.06. The Labute approximate surface area is 89.8 Å². The molecule has 0 fully saturated rings. The number of hydrogen-bond donors (Lipinski definition) is 3. The monoisotopic (exact) mass is 207 g/mol. The van der Waals surface area contributed by atoms with Gasteiger partial charge in [-0.15, -0.1) is 0 Å². The molecule has 0 amide bonds. The summed E-state index contributed by atoms with van der Waals surface area (Å²) >= 11 is 0. The van der Waals surface area contributed by atoms with E-state index in [0.29, 0.717) is 0 Å². The van der Waals surface area contributed by atoms with Gasteiger partial charge < -0.3 is 16.3 Å². The normalized spacial score (nSPS) is 11.7. The second-order valence-corrected chi connectivity index (χ2v) is 3.32. The summed E-state index contributed by atoms with van der Waals surface area (Å²) in [5, 5.41) is 14.9. The van der Waals surface area contributed by atoms with Crippen molar-refractivity contribution in [2.75, 3.05) is 6.54 Å². The Hall–Kier alpha value is -1.55. The zero-order valence-electron chi connectivity index (χ0n) is 8.90. The summed E-state index contributed by atoms with van der Waals surface area (Å²) in [7, 11) is 0. The van der Waals surface area contributed by atoms with E-state index < -0.39 is 0 Å². The van der Waals surface area contributed by atoms with E-state index in [4.69, 9.17) is 10.9 Å². The molecular weight excluding hydrogens is 190 g/mol. The second-order valence-electron chi connectivity index (χ2n) is 3.32. The molecule has 0 aliphatic rings. The summed E-state index contributed by atoms with van der Waals surface area (Å²) < 4.78 is 0. The highest BCUT2D eigenvalue weighted by Crippen LogP contribution is 2.07. The van der Waals surface area contributed by atoms with Gasteiger partial charge in [-0.2, -0.15) is 0 Å². The van der Waals surface area contributed by atoms with Gasteiger partial charge in [-0.1, -0.05) is 36.3 Å². The minimum absolute atomic E-state index is 0.156. The van der Waals surface area contributed by atoms with Crippen LogP contribution < -0.4 is 11.1 Å². The zero-order chi connectivity index (χ0) is 11.1. The second kappa shape index (κ2) is 6.03. The molecule has 0 bridgehead atoms. The highest BCUT2D eigenvalue weighted by atomic mass is 16.4. The fourth-order valence-electron chi connectivity index (χ4n) is 1.38. The Morgan fingerprint density at radius 2 is 2.20 bits per heavy atom. The zero-order valence-corrected chi connectivity index (χ0v) is 8.90. The molecular formula is C11H17N3O. The molecule has 0 unspecified atom stereocenters. The van der Waals surface area contributed by atoms with Crippen LogP contribution in [0.5, 0.6) is 0 Å². The lowest BCUT2D eigenvalue weighted by Gasteiger charge is -2.08. The first kappa shape index (κ1) is 11.5. The Balaban J connectivity index is 2.77. The quantitative estimate of drug-likeness (QED) is 0.224. The average molecular weight is 207 g/mol. The van der Waals surface area contributed by atoms with Crippen molar-refractivity contribution in [2.45, 2.75) is 19.9 Å². The number of nitrogens with two attached hydrogens (primary N) is 1. The molecule has 82 valence electrons. The van der Waals surface area contributed by atoms with Crippen LogP contribution in [0.2, 0.25) is 0 Å². The van der Waals surface area contributed by atoms with Gasteiger partial charge in [0.15, 0.2) is 5.84 Å². The Bertz CT molecular complexity index is 336. The van der Waals surface area contributed by atoms with Gasteiger partial charge >= 0.3 is 0 Å². The topological polar surface area (TPSA) is 70.6 Å². The first-order chi connectivity index (χ1) is 7.29. The van der Waals surface area contributed by atoms with Crippen molar-refractivity contribution in [3.63, 3.8) is 0 Å². The molecule has 15 heavy (non-hydrogen) atoms. The van der Waals surface area contributed by atoms with E-state index in [1.165, 1.54) is 0 Å². The number of amidine groups is 1. The molecule has 0 aliphatic heterocycles. The van der Waals surface area contributed by atoms with Crippen LogP contribution in [0, 0.1) is 0 Å². The van der Waals surface area contributed by atoms with Gasteiger partial charge in [-0.25, -0.2) is 0 Å². The average Bonchev–Trinajstić information content (AvgIpc) is 2.29. The molecule has 4 N–H and O–H groups in total. The van der Waals surface area contributed by atoms with Crippen molar-refractivity contribution in [2.24, 2.45) is 10.9 Å². The number of nitrogens with zero attached hydrogens (tertiary/aromatic N) is 1. The molecule has 4 heteroatoms. The van der Waals surface area contributed by atoms with Crippen LogP contribution in [0.25, 0.3) is 0 Å². The number of oxime groups is 1. The van der Waals surface area contributed by atoms with E-state index >= 15 is 0 Å². The van der Waals surface area contributed by atoms with E-state index in [1.807, 2.05) is 24.3 Å². The highest BCUT2D eigenvalue weighted by Gasteiger charge is 2.04. The van der Waals surface area contributed by atoms with E-state index in [1.54, 1.807) is 0 Å². The molecule has 0 radical (unpaired) electrons. The lowest BCUT2D eigenvalue weighted by Crippen LogP contribution is -2.20. The molecule has 0 saturated carbocycles. The molecule has 0 aliphatic carbocycles. The molecule has 0 atom stereocenters. The van der Waals surface area contributed by atoms with E-state index in [-0.39, 0.29) is 5.84 Å². The van der Waals surface area contributed by atoms with Crippen molar-refractivity contribution < 1.29 is 5.21 Å². The largest absolute Gasteiger partial charge is 0.409 e. The van der Waals surface area contributed by atoms with Crippen molar-refractivity contribution in [1.29, 1.82) is 0 Å². The van der Waals surface area contributed by atoms with Crippen molar-refractivity contribution >= 4 is 5.84 Å². The molecule has 1 rings (SSSR count). The number of nitrogens with one attached hydrogen (secondary N) is 1. The van der Waals surface area contributed by atoms with Crippen LogP contribution >= 0.6 is 0 Å². The molecule has 4 nitrogen and oxygen atoms in total. The van der Waals surface area contributed by atoms with Crippen LogP contribution in [0.4, 0.5) is 0 Å². The summed E-state index contributed by atoms with van der Waals surface area (Å²) in [6.07, 6.45) is 1.09. The van der Waals surface area contributed by atoms with Gasteiger partial charge in [-0.05, 0) is 18.5 Å². The maximum Gasteiger partial charge on any atom is 0.170 e.